The molecule has 0 bridgehead atoms. The van der Waals surface area contributed by atoms with Crippen molar-refractivity contribution in [3.63, 3.8) is 0 Å². The van der Waals surface area contributed by atoms with Crippen molar-refractivity contribution in [2.24, 2.45) is 0 Å². The Morgan fingerprint density at radius 2 is 1.83 bits per heavy atom. The molecule has 0 saturated heterocycles. The Labute approximate surface area is 114 Å². The van der Waals surface area contributed by atoms with Gasteiger partial charge in [0.15, 0.2) is 0 Å². The summed E-state index contributed by atoms with van der Waals surface area (Å²) in [5.41, 5.74) is 1.89. The van der Waals surface area contributed by atoms with Crippen molar-refractivity contribution in [2.45, 2.75) is 13.0 Å². The molecule has 4 heteroatoms. The van der Waals surface area contributed by atoms with E-state index in [9.17, 15) is 9.50 Å². The van der Waals surface area contributed by atoms with Gasteiger partial charge in [-0.2, -0.15) is 0 Å². The third kappa shape index (κ3) is 3.01. The Morgan fingerprint density at radius 3 is 2.44 bits per heavy atom. The molecule has 0 saturated carbocycles. The smallest absolute Gasteiger partial charge is 0.137 e. The number of hydrogen-bond acceptors (Lipinski definition) is 2. The highest BCUT2D eigenvalue weighted by atomic mass is 79.9. The summed E-state index contributed by atoms with van der Waals surface area (Å²) in [6, 6.07) is 11.8. The number of phenols is 1. The van der Waals surface area contributed by atoms with E-state index in [0.29, 0.717) is 4.47 Å². The summed E-state index contributed by atoms with van der Waals surface area (Å²) < 4.78 is 13.6. The standard InChI is InChI=1S/C14H13BrFNO/c1-9(10-2-7-14(16)13(15)8-10)17-11-3-5-12(18)6-4-11/h2-9,17-18H,1H3. The Bertz CT molecular complexity index is 542. The minimum atomic E-state index is -0.268. The largest absolute Gasteiger partial charge is 0.508 e. The molecule has 18 heavy (non-hydrogen) atoms. The van der Waals surface area contributed by atoms with Gasteiger partial charge in [-0.15, -0.1) is 0 Å². The van der Waals surface area contributed by atoms with Gasteiger partial charge < -0.3 is 10.4 Å². The summed E-state index contributed by atoms with van der Waals surface area (Å²) in [5.74, 6) is -0.0340. The third-order valence-electron chi connectivity index (χ3n) is 2.69. The van der Waals surface area contributed by atoms with Gasteiger partial charge in [0.05, 0.1) is 4.47 Å². The van der Waals surface area contributed by atoms with E-state index in [4.69, 9.17) is 0 Å². The van der Waals surface area contributed by atoms with Crippen molar-refractivity contribution in [3.8, 4) is 5.75 Å². The van der Waals surface area contributed by atoms with Crippen LogP contribution >= 0.6 is 15.9 Å². The molecule has 94 valence electrons. The van der Waals surface area contributed by atoms with Crippen LogP contribution < -0.4 is 5.32 Å². The monoisotopic (exact) mass is 309 g/mol. The van der Waals surface area contributed by atoms with Crippen molar-refractivity contribution in [2.75, 3.05) is 5.32 Å². The van der Waals surface area contributed by atoms with Crippen molar-refractivity contribution < 1.29 is 9.50 Å². The van der Waals surface area contributed by atoms with Crippen LogP contribution in [-0.2, 0) is 0 Å². The molecular weight excluding hydrogens is 297 g/mol. The summed E-state index contributed by atoms with van der Waals surface area (Å²) in [4.78, 5) is 0. The van der Waals surface area contributed by atoms with E-state index in [-0.39, 0.29) is 17.6 Å². The Kier molecular flexibility index (Phi) is 3.87. The highest BCUT2D eigenvalue weighted by molar-refractivity contribution is 9.10. The zero-order valence-electron chi connectivity index (χ0n) is 9.82. The van der Waals surface area contributed by atoms with Crippen LogP contribution in [0, 0.1) is 5.82 Å². The lowest BCUT2D eigenvalue weighted by atomic mass is 10.1. The van der Waals surface area contributed by atoms with Crippen LogP contribution in [0.3, 0.4) is 0 Å². The molecule has 0 spiro atoms. The van der Waals surface area contributed by atoms with Gasteiger partial charge in [-0.1, -0.05) is 6.07 Å². The Hall–Kier alpha value is -1.55. The number of benzene rings is 2. The molecule has 2 aromatic carbocycles. The molecule has 0 heterocycles. The van der Waals surface area contributed by atoms with Gasteiger partial charge in [0.25, 0.3) is 0 Å². The number of hydrogen-bond donors (Lipinski definition) is 2. The van der Waals surface area contributed by atoms with E-state index in [1.165, 1.54) is 6.07 Å². The second-order valence-corrected chi connectivity index (χ2v) is 4.94. The zero-order chi connectivity index (χ0) is 13.1. The van der Waals surface area contributed by atoms with E-state index >= 15 is 0 Å². The van der Waals surface area contributed by atoms with Crippen LogP contribution in [0.5, 0.6) is 5.75 Å². The van der Waals surface area contributed by atoms with Crippen LogP contribution in [0.2, 0.25) is 0 Å². The van der Waals surface area contributed by atoms with E-state index in [2.05, 4.69) is 21.2 Å². The molecule has 2 nitrogen and oxygen atoms in total. The van der Waals surface area contributed by atoms with E-state index in [1.54, 1.807) is 36.4 Å². The first-order valence-corrected chi connectivity index (χ1v) is 6.36. The normalized spacial score (nSPS) is 12.2. The second kappa shape index (κ2) is 5.40. The second-order valence-electron chi connectivity index (χ2n) is 4.09. The van der Waals surface area contributed by atoms with Crippen LogP contribution in [0.4, 0.5) is 10.1 Å². The average molecular weight is 310 g/mol. The highest BCUT2D eigenvalue weighted by Gasteiger charge is 2.08. The van der Waals surface area contributed by atoms with Crippen LogP contribution in [0.25, 0.3) is 0 Å². The first-order chi connectivity index (χ1) is 8.56. The van der Waals surface area contributed by atoms with E-state index in [1.807, 2.05) is 6.92 Å². The highest BCUT2D eigenvalue weighted by Crippen LogP contribution is 2.24. The molecule has 0 aliphatic rings. The SMILES string of the molecule is CC(Nc1ccc(O)cc1)c1ccc(F)c(Br)c1. The Balaban J connectivity index is 2.13. The number of phenolic OH excluding ortho intramolecular Hbond substituents is 1. The lowest BCUT2D eigenvalue weighted by molar-refractivity contribution is 0.475. The minimum absolute atomic E-state index is 0.0476. The predicted octanol–water partition coefficient (Wildman–Crippen LogP) is 4.47. The quantitative estimate of drug-likeness (QED) is 0.820. The van der Waals surface area contributed by atoms with Gasteiger partial charge in [-0.25, -0.2) is 4.39 Å². The first-order valence-electron chi connectivity index (χ1n) is 5.57. The summed E-state index contributed by atoms with van der Waals surface area (Å²) in [6.07, 6.45) is 0. The van der Waals surface area contributed by atoms with Gasteiger partial charge in [0.1, 0.15) is 11.6 Å². The number of halogens is 2. The summed E-state index contributed by atoms with van der Waals surface area (Å²) >= 11 is 3.17. The van der Waals surface area contributed by atoms with E-state index < -0.39 is 0 Å². The first kappa shape index (κ1) is 12.9. The molecule has 1 unspecified atom stereocenters. The minimum Gasteiger partial charge on any atom is -0.508 e. The molecule has 2 rings (SSSR count). The summed E-state index contributed by atoms with van der Waals surface area (Å²) in [6.45, 7) is 1.99. The van der Waals surface area contributed by atoms with Crippen LogP contribution in [0.1, 0.15) is 18.5 Å². The number of aromatic hydroxyl groups is 1. The van der Waals surface area contributed by atoms with Crippen molar-refractivity contribution >= 4 is 21.6 Å². The van der Waals surface area contributed by atoms with Crippen LogP contribution in [-0.4, -0.2) is 5.11 Å². The zero-order valence-corrected chi connectivity index (χ0v) is 11.4. The summed E-state index contributed by atoms with van der Waals surface area (Å²) in [7, 11) is 0. The van der Waals surface area contributed by atoms with Crippen molar-refractivity contribution in [1.82, 2.24) is 0 Å². The van der Waals surface area contributed by atoms with Gasteiger partial charge >= 0.3 is 0 Å². The maximum atomic E-state index is 13.1. The Morgan fingerprint density at radius 1 is 1.17 bits per heavy atom. The molecule has 2 aromatic rings. The third-order valence-corrected chi connectivity index (χ3v) is 3.30. The van der Waals surface area contributed by atoms with E-state index in [0.717, 1.165) is 11.3 Å². The molecule has 0 fully saturated rings. The average Bonchev–Trinajstić information content (AvgIpc) is 2.35. The van der Waals surface area contributed by atoms with Gasteiger partial charge in [0, 0.05) is 11.7 Å². The lowest BCUT2D eigenvalue weighted by Crippen LogP contribution is -2.06. The van der Waals surface area contributed by atoms with Crippen LogP contribution in [0.15, 0.2) is 46.9 Å². The maximum absolute atomic E-state index is 13.1. The molecule has 0 aromatic heterocycles. The predicted molar refractivity (Wildman–Crippen MR) is 74.2 cm³/mol. The molecule has 0 aliphatic carbocycles. The van der Waals surface area contributed by atoms with Gasteiger partial charge in [-0.05, 0) is 64.8 Å². The number of rotatable bonds is 3. The lowest BCUT2D eigenvalue weighted by Gasteiger charge is -2.16. The molecule has 0 aliphatic heterocycles. The molecule has 0 radical (unpaired) electrons. The topological polar surface area (TPSA) is 32.3 Å². The number of anilines is 1. The molecular formula is C14H13BrFNO. The van der Waals surface area contributed by atoms with Gasteiger partial charge in [0.2, 0.25) is 0 Å². The summed E-state index contributed by atoms with van der Waals surface area (Å²) in [5, 5.41) is 12.5. The number of nitrogens with one attached hydrogen (secondary N) is 1. The molecule has 0 amide bonds. The fraction of sp³-hybridized carbons (Fsp3) is 0.143. The van der Waals surface area contributed by atoms with Crippen molar-refractivity contribution in [1.29, 1.82) is 0 Å². The molecule has 1 atom stereocenters. The fourth-order valence-corrected chi connectivity index (χ4v) is 2.07. The fourth-order valence-electron chi connectivity index (χ4n) is 1.67. The molecule has 2 N–H and O–H groups in total. The maximum Gasteiger partial charge on any atom is 0.137 e. The van der Waals surface area contributed by atoms with Gasteiger partial charge in [-0.3, -0.25) is 0 Å². The van der Waals surface area contributed by atoms with Crippen molar-refractivity contribution in [3.05, 3.63) is 58.3 Å².